The van der Waals surface area contributed by atoms with Crippen LogP contribution in [0.2, 0.25) is 0 Å². The minimum absolute atomic E-state index is 0.0747. The van der Waals surface area contributed by atoms with Crippen molar-refractivity contribution in [3.63, 3.8) is 0 Å². The summed E-state index contributed by atoms with van der Waals surface area (Å²) in [6.45, 7) is 4.15. The zero-order valence-electron chi connectivity index (χ0n) is 8.18. The Labute approximate surface area is 78.6 Å². The van der Waals surface area contributed by atoms with Crippen LogP contribution in [0.5, 0.6) is 0 Å². The van der Waals surface area contributed by atoms with Gasteiger partial charge >= 0.3 is 0 Å². The van der Waals surface area contributed by atoms with Crippen LogP contribution in [0.3, 0.4) is 0 Å². The van der Waals surface area contributed by atoms with Crippen molar-refractivity contribution in [1.82, 2.24) is 10.6 Å². The van der Waals surface area contributed by atoms with Crippen molar-refractivity contribution in [3.8, 4) is 0 Å². The van der Waals surface area contributed by atoms with E-state index in [0.29, 0.717) is 12.5 Å². The molecule has 1 amide bonds. The zero-order chi connectivity index (χ0) is 9.47. The van der Waals surface area contributed by atoms with Crippen molar-refractivity contribution in [2.24, 2.45) is 0 Å². The Kier molecular flexibility index (Phi) is 1.91. The standard InChI is InChI=1S/C10H16N2O/c1-10(2)6-9(13)11-7-4-3-5-8(7)12-10/h4,8,12H,3,5-6H2,1-2H3,(H,11,13). The minimum Gasteiger partial charge on any atom is -0.328 e. The van der Waals surface area contributed by atoms with Crippen molar-refractivity contribution in [2.45, 2.75) is 44.7 Å². The summed E-state index contributed by atoms with van der Waals surface area (Å²) in [6.07, 6.45) is 4.86. The average Bonchev–Trinajstić information content (AvgIpc) is 2.30. The first-order valence-corrected chi connectivity index (χ1v) is 4.84. The molecule has 0 aromatic carbocycles. The lowest BCUT2D eigenvalue weighted by Crippen LogP contribution is -2.44. The van der Waals surface area contributed by atoms with Crippen LogP contribution < -0.4 is 10.6 Å². The van der Waals surface area contributed by atoms with E-state index >= 15 is 0 Å². The molecule has 2 rings (SSSR count). The van der Waals surface area contributed by atoms with Gasteiger partial charge in [-0.2, -0.15) is 0 Å². The lowest BCUT2D eigenvalue weighted by Gasteiger charge is -2.26. The van der Waals surface area contributed by atoms with Crippen LogP contribution in [0.15, 0.2) is 11.8 Å². The molecule has 13 heavy (non-hydrogen) atoms. The first-order valence-electron chi connectivity index (χ1n) is 4.84. The van der Waals surface area contributed by atoms with Gasteiger partial charge in [-0.05, 0) is 26.7 Å². The molecule has 3 nitrogen and oxygen atoms in total. The monoisotopic (exact) mass is 180 g/mol. The molecule has 1 atom stereocenters. The zero-order valence-corrected chi connectivity index (χ0v) is 8.18. The maximum Gasteiger partial charge on any atom is 0.226 e. The highest BCUT2D eigenvalue weighted by Crippen LogP contribution is 2.23. The van der Waals surface area contributed by atoms with E-state index < -0.39 is 0 Å². The Morgan fingerprint density at radius 1 is 1.54 bits per heavy atom. The fourth-order valence-corrected chi connectivity index (χ4v) is 2.12. The average molecular weight is 180 g/mol. The number of fused-ring (bicyclic) bond motifs is 1. The number of hydrogen-bond acceptors (Lipinski definition) is 2. The molecule has 2 N–H and O–H groups in total. The van der Waals surface area contributed by atoms with Crippen LogP contribution in [-0.4, -0.2) is 17.5 Å². The molecule has 1 saturated heterocycles. The summed E-state index contributed by atoms with van der Waals surface area (Å²) < 4.78 is 0. The molecule has 0 saturated carbocycles. The summed E-state index contributed by atoms with van der Waals surface area (Å²) in [5.74, 6) is 0.133. The van der Waals surface area contributed by atoms with Gasteiger partial charge in [-0.15, -0.1) is 0 Å². The quantitative estimate of drug-likeness (QED) is 0.582. The number of carbonyl (C=O) groups excluding carboxylic acids is 1. The van der Waals surface area contributed by atoms with Gasteiger partial charge in [0.15, 0.2) is 0 Å². The first kappa shape index (κ1) is 8.75. The van der Waals surface area contributed by atoms with Crippen molar-refractivity contribution in [1.29, 1.82) is 0 Å². The molecule has 1 fully saturated rings. The van der Waals surface area contributed by atoms with E-state index in [-0.39, 0.29) is 11.4 Å². The smallest absolute Gasteiger partial charge is 0.226 e. The minimum atomic E-state index is -0.0747. The van der Waals surface area contributed by atoms with Gasteiger partial charge in [0.1, 0.15) is 0 Å². The second-order valence-electron chi connectivity index (χ2n) is 4.54. The Balaban J connectivity index is 2.22. The van der Waals surface area contributed by atoms with E-state index in [9.17, 15) is 4.79 Å². The number of amides is 1. The van der Waals surface area contributed by atoms with Crippen LogP contribution in [-0.2, 0) is 4.79 Å². The van der Waals surface area contributed by atoms with Gasteiger partial charge in [-0.1, -0.05) is 6.08 Å². The lowest BCUT2D eigenvalue weighted by molar-refractivity contribution is -0.121. The highest BCUT2D eigenvalue weighted by atomic mass is 16.1. The normalized spacial score (nSPS) is 31.7. The second kappa shape index (κ2) is 2.84. The maximum atomic E-state index is 11.4. The Hall–Kier alpha value is -0.830. The molecule has 0 bridgehead atoms. The van der Waals surface area contributed by atoms with Gasteiger partial charge in [0.25, 0.3) is 0 Å². The number of allylic oxidation sites excluding steroid dienone is 1. The van der Waals surface area contributed by atoms with E-state index in [4.69, 9.17) is 0 Å². The highest BCUT2D eigenvalue weighted by molar-refractivity contribution is 5.79. The predicted octanol–water partition coefficient (Wildman–Crippen LogP) is 0.921. The molecule has 0 spiro atoms. The van der Waals surface area contributed by atoms with E-state index in [0.717, 1.165) is 18.5 Å². The molecule has 1 heterocycles. The van der Waals surface area contributed by atoms with Crippen LogP contribution in [0.4, 0.5) is 0 Å². The molecule has 0 radical (unpaired) electrons. The number of rotatable bonds is 0. The van der Waals surface area contributed by atoms with Crippen molar-refractivity contribution >= 4 is 5.91 Å². The van der Waals surface area contributed by atoms with Crippen molar-refractivity contribution in [2.75, 3.05) is 0 Å². The molecule has 0 aromatic heterocycles. The maximum absolute atomic E-state index is 11.4. The van der Waals surface area contributed by atoms with E-state index in [1.807, 2.05) is 0 Å². The van der Waals surface area contributed by atoms with Crippen LogP contribution in [0.1, 0.15) is 33.1 Å². The van der Waals surface area contributed by atoms with Gasteiger partial charge in [-0.25, -0.2) is 0 Å². The number of hydrogen-bond donors (Lipinski definition) is 2. The third-order valence-corrected chi connectivity index (χ3v) is 2.65. The Bertz CT molecular complexity index is 268. The largest absolute Gasteiger partial charge is 0.328 e. The predicted molar refractivity (Wildman–Crippen MR) is 51.1 cm³/mol. The fraction of sp³-hybridized carbons (Fsp3) is 0.700. The topological polar surface area (TPSA) is 41.1 Å². The molecule has 1 aliphatic heterocycles. The lowest BCUT2D eigenvalue weighted by atomic mass is 10.00. The number of carbonyl (C=O) groups is 1. The molecule has 0 aromatic rings. The third kappa shape index (κ3) is 1.75. The van der Waals surface area contributed by atoms with E-state index in [1.54, 1.807) is 0 Å². The van der Waals surface area contributed by atoms with Crippen LogP contribution in [0, 0.1) is 0 Å². The Morgan fingerprint density at radius 3 is 3.08 bits per heavy atom. The molecule has 3 heteroatoms. The first-order chi connectivity index (χ1) is 6.07. The molecular formula is C10H16N2O. The van der Waals surface area contributed by atoms with Gasteiger partial charge in [0.05, 0.1) is 0 Å². The SMILES string of the molecule is CC1(C)CC(=O)NC2=CCCC2N1. The van der Waals surface area contributed by atoms with Gasteiger partial charge in [0.2, 0.25) is 5.91 Å². The van der Waals surface area contributed by atoms with E-state index in [1.165, 1.54) is 0 Å². The van der Waals surface area contributed by atoms with Crippen LogP contribution in [0.25, 0.3) is 0 Å². The summed E-state index contributed by atoms with van der Waals surface area (Å²) in [7, 11) is 0. The van der Waals surface area contributed by atoms with E-state index in [2.05, 4.69) is 30.6 Å². The second-order valence-corrected chi connectivity index (χ2v) is 4.54. The molecule has 1 unspecified atom stereocenters. The summed E-state index contributed by atoms with van der Waals surface area (Å²) >= 11 is 0. The Morgan fingerprint density at radius 2 is 2.31 bits per heavy atom. The molecule has 2 aliphatic rings. The summed E-state index contributed by atoms with van der Waals surface area (Å²) in [5, 5.41) is 6.45. The summed E-state index contributed by atoms with van der Waals surface area (Å²) in [4.78, 5) is 11.4. The summed E-state index contributed by atoms with van der Waals surface area (Å²) in [6, 6.07) is 0.362. The van der Waals surface area contributed by atoms with Gasteiger partial charge in [-0.3, -0.25) is 4.79 Å². The van der Waals surface area contributed by atoms with Crippen molar-refractivity contribution < 1.29 is 4.79 Å². The van der Waals surface area contributed by atoms with Crippen LogP contribution >= 0.6 is 0 Å². The van der Waals surface area contributed by atoms with Gasteiger partial charge < -0.3 is 10.6 Å². The summed E-state index contributed by atoms with van der Waals surface area (Å²) in [5.41, 5.74) is 1.00. The molecule has 1 aliphatic carbocycles. The molecular weight excluding hydrogens is 164 g/mol. The van der Waals surface area contributed by atoms with Crippen molar-refractivity contribution in [3.05, 3.63) is 11.8 Å². The third-order valence-electron chi connectivity index (χ3n) is 2.65. The molecule has 72 valence electrons. The van der Waals surface area contributed by atoms with Gasteiger partial charge in [0, 0.05) is 23.7 Å². The highest BCUT2D eigenvalue weighted by Gasteiger charge is 2.33. The fourth-order valence-electron chi connectivity index (χ4n) is 2.12. The number of nitrogens with one attached hydrogen (secondary N) is 2.